The first-order valence-corrected chi connectivity index (χ1v) is 9.12. The summed E-state index contributed by atoms with van der Waals surface area (Å²) < 4.78 is 22.9. The van der Waals surface area contributed by atoms with Gasteiger partial charge in [-0.15, -0.1) is 0 Å². The number of nitrogen functional groups attached to an aromatic ring is 1. The summed E-state index contributed by atoms with van der Waals surface area (Å²) in [5.41, 5.74) is 8.13. The second kappa shape index (κ2) is 6.91. The Kier molecular flexibility index (Phi) is 4.09. The van der Waals surface area contributed by atoms with Crippen molar-refractivity contribution in [3.8, 4) is 28.6 Å². The van der Waals surface area contributed by atoms with E-state index >= 15 is 0 Å². The van der Waals surface area contributed by atoms with E-state index in [2.05, 4.69) is 0 Å². The molecule has 0 aliphatic carbocycles. The zero-order chi connectivity index (χ0) is 19.8. The van der Waals surface area contributed by atoms with Crippen LogP contribution in [0.25, 0.3) is 22.3 Å². The third-order valence-corrected chi connectivity index (χ3v) is 4.74. The molecule has 1 aliphatic rings. The number of rotatable bonds is 4. The minimum atomic E-state index is -0.255. The third kappa shape index (κ3) is 3.14. The van der Waals surface area contributed by atoms with Crippen LogP contribution in [0.5, 0.6) is 17.2 Å². The highest BCUT2D eigenvalue weighted by molar-refractivity contribution is 5.84. The molecule has 0 saturated heterocycles. The number of anilines is 1. The van der Waals surface area contributed by atoms with E-state index in [4.69, 9.17) is 24.4 Å². The highest BCUT2D eigenvalue weighted by Crippen LogP contribution is 2.39. The molecule has 144 valence electrons. The van der Waals surface area contributed by atoms with Gasteiger partial charge in [0, 0.05) is 17.3 Å². The van der Waals surface area contributed by atoms with Gasteiger partial charge in [-0.2, -0.15) is 0 Å². The maximum Gasteiger partial charge on any atom is 0.235 e. The van der Waals surface area contributed by atoms with Crippen molar-refractivity contribution in [1.29, 1.82) is 0 Å². The average Bonchev–Trinajstić information content (AvgIpc) is 3.21. The molecule has 3 aromatic carbocycles. The van der Waals surface area contributed by atoms with Crippen LogP contribution >= 0.6 is 0 Å². The molecule has 0 atom stereocenters. The number of nitrogens with two attached hydrogens (primary N) is 1. The molecule has 1 aliphatic heterocycles. The first-order valence-electron chi connectivity index (χ1n) is 9.12. The SMILES string of the molecule is Nc1ccc2c(=O)c(OCc3ccccc3)c(-c3ccc4c(c3)OCO4)oc2c1. The molecule has 0 spiro atoms. The molecule has 0 bridgehead atoms. The molecule has 1 aromatic heterocycles. The summed E-state index contributed by atoms with van der Waals surface area (Å²) in [5.74, 6) is 1.70. The largest absolute Gasteiger partial charge is 0.481 e. The van der Waals surface area contributed by atoms with Gasteiger partial charge in [-0.05, 0) is 35.9 Å². The van der Waals surface area contributed by atoms with Gasteiger partial charge in [0.2, 0.25) is 18.0 Å². The fraction of sp³-hybridized carbons (Fsp3) is 0.0870. The van der Waals surface area contributed by atoms with E-state index in [9.17, 15) is 4.79 Å². The molecule has 0 saturated carbocycles. The van der Waals surface area contributed by atoms with Gasteiger partial charge in [0.25, 0.3) is 0 Å². The number of fused-ring (bicyclic) bond motifs is 2. The van der Waals surface area contributed by atoms with Crippen LogP contribution in [0.1, 0.15) is 5.56 Å². The lowest BCUT2D eigenvalue weighted by molar-refractivity contribution is 0.174. The second-order valence-electron chi connectivity index (χ2n) is 6.69. The van der Waals surface area contributed by atoms with E-state index in [0.717, 1.165) is 5.56 Å². The summed E-state index contributed by atoms with van der Waals surface area (Å²) in [4.78, 5) is 13.2. The Morgan fingerprint density at radius 1 is 0.931 bits per heavy atom. The fourth-order valence-corrected chi connectivity index (χ4v) is 3.28. The Morgan fingerprint density at radius 3 is 2.62 bits per heavy atom. The monoisotopic (exact) mass is 387 g/mol. The van der Waals surface area contributed by atoms with Gasteiger partial charge >= 0.3 is 0 Å². The molecule has 0 fully saturated rings. The lowest BCUT2D eigenvalue weighted by Crippen LogP contribution is -2.10. The fourth-order valence-electron chi connectivity index (χ4n) is 3.28. The maximum atomic E-state index is 13.2. The molecule has 0 radical (unpaired) electrons. The van der Waals surface area contributed by atoms with E-state index in [1.165, 1.54) is 0 Å². The van der Waals surface area contributed by atoms with Crippen molar-refractivity contribution in [3.05, 3.63) is 82.5 Å². The molecule has 4 aromatic rings. The van der Waals surface area contributed by atoms with E-state index in [0.29, 0.717) is 39.5 Å². The molecule has 5 rings (SSSR count). The number of ether oxygens (including phenoxy) is 3. The first-order chi connectivity index (χ1) is 14.2. The lowest BCUT2D eigenvalue weighted by atomic mass is 10.1. The van der Waals surface area contributed by atoms with E-state index in [1.807, 2.05) is 30.3 Å². The van der Waals surface area contributed by atoms with Crippen LogP contribution in [0.2, 0.25) is 0 Å². The minimum absolute atomic E-state index is 0.144. The Hall–Kier alpha value is -3.93. The average molecular weight is 387 g/mol. The van der Waals surface area contributed by atoms with Crippen molar-refractivity contribution in [2.24, 2.45) is 0 Å². The highest BCUT2D eigenvalue weighted by Gasteiger charge is 2.21. The van der Waals surface area contributed by atoms with Gasteiger partial charge in [-0.1, -0.05) is 30.3 Å². The van der Waals surface area contributed by atoms with Crippen LogP contribution in [0.4, 0.5) is 5.69 Å². The van der Waals surface area contributed by atoms with Crippen molar-refractivity contribution in [2.45, 2.75) is 6.61 Å². The van der Waals surface area contributed by atoms with Gasteiger partial charge in [0.1, 0.15) is 12.2 Å². The Morgan fingerprint density at radius 2 is 1.76 bits per heavy atom. The van der Waals surface area contributed by atoms with Gasteiger partial charge in [0.05, 0.1) is 5.39 Å². The maximum absolute atomic E-state index is 13.2. The summed E-state index contributed by atoms with van der Waals surface area (Å²) in [6.07, 6.45) is 0. The Balaban J connectivity index is 1.66. The molecule has 0 amide bonds. The van der Waals surface area contributed by atoms with Crippen molar-refractivity contribution >= 4 is 16.7 Å². The smallest absolute Gasteiger partial charge is 0.235 e. The van der Waals surface area contributed by atoms with Gasteiger partial charge in [0.15, 0.2) is 17.3 Å². The standard InChI is InChI=1S/C23H17NO5/c24-16-7-8-17-19(11-16)29-22(15-6-9-18-20(10-15)28-13-27-18)23(21(17)25)26-12-14-4-2-1-3-5-14/h1-11H,12-13,24H2. The highest BCUT2D eigenvalue weighted by atomic mass is 16.7. The topological polar surface area (TPSA) is 83.9 Å². The Labute approximate surface area is 166 Å². The van der Waals surface area contributed by atoms with Crippen LogP contribution in [0.3, 0.4) is 0 Å². The summed E-state index contributed by atoms with van der Waals surface area (Å²) in [7, 11) is 0. The Bertz CT molecular complexity index is 1260. The molecular formula is C23H17NO5. The molecule has 6 heteroatoms. The zero-order valence-corrected chi connectivity index (χ0v) is 15.4. The minimum Gasteiger partial charge on any atom is -0.481 e. The quantitative estimate of drug-likeness (QED) is 0.524. The summed E-state index contributed by atoms with van der Waals surface area (Å²) in [6.45, 7) is 0.401. The van der Waals surface area contributed by atoms with E-state index < -0.39 is 0 Å². The molecule has 0 unspecified atom stereocenters. The number of benzene rings is 3. The normalized spacial score (nSPS) is 12.3. The predicted molar refractivity (Wildman–Crippen MR) is 109 cm³/mol. The summed E-state index contributed by atoms with van der Waals surface area (Å²) in [5, 5.41) is 0.409. The second-order valence-corrected chi connectivity index (χ2v) is 6.69. The molecule has 2 heterocycles. The van der Waals surface area contributed by atoms with Gasteiger partial charge < -0.3 is 24.4 Å². The van der Waals surface area contributed by atoms with Gasteiger partial charge in [-0.25, -0.2) is 0 Å². The third-order valence-electron chi connectivity index (χ3n) is 4.74. The number of hydrogen-bond acceptors (Lipinski definition) is 6. The summed E-state index contributed by atoms with van der Waals surface area (Å²) >= 11 is 0. The van der Waals surface area contributed by atoms with Crippen LogP contribution in [-0.4, -0.2) is 6.79 Å². The molecule has 29 heavy (non-hydrogen) atoms. The van der Waals surface area contributed by atoms with Crippen molar-refractivity contribution in [1.82, 2.24) is 0 Å². The first kappa shape index (κ1) is 17.2. The van der Waals surface area contributed by atoms with Crippen molar-refractivity contribution in [2.75, 3.05) is 12.5 Å². The van der Waals surface area contributed by atoms with Crippen LogP contribution in [-0.2, 0) is 6.61 Å². The molecule has 6 nitrogen and oxygen atoms in total. The van der Waals surface area contributed by atoms with E-state index in [1.54, 1.807) is 36.4 Å². The molecule has 2 N–H and O–H groups in total. The number of hydrogen-bond donors (Lipinski definition) is 1. The van der Waals surface area contributed by atoms with Crippen LogP contribution in [0, 0.1) is 0 Å². The lowest BCUT2D eigenvalue weighted by Gasteiger charge is -2.12. The van der Waals surface area contributed by atoms with Crippen LogP contribution < -0.4 is 25.4 Å². The summed E-state index contributed by atoms with van der Waals surface area (Å²) in [6, 6.07) is 19.9. The van der Waals surface area contributed by atoms with Crippen molar-refractivity contribution in [3.63, 3.8) is 0 Å². The van der Waals surface area contributed by atoms with Gasteiger partial charge in [-0.3, -0.25) is 4.79 Å². The molecular weight excluding hydrogens is 370 g/mol. The van der Waals surface area contributed by atoms with Crippen LogP contribution in [0.15, 0.2) is 75.9 Å². The van der Waals surface area contributed by atoms with E-state index in [-0.39, 0.29) is 24.6 Å². The zero-order valence-electron chi connectivity index (χ0n) is 15.4. The predicted octanol–water partition coefficient (Wildman–Crippen LogP) is 4.35. The van der Waals surface area contributed by atoms with Crippen molar-refractivity contribution < 1.29 is 18.6 Å².